The SMILES string of the molecule is CSCCC(=O)NCc1nc2ccccc2s1. The number of aromatic nitrogens is 1. The monoisotopic (exact) mass is 266 g/mol. The maximum absolute atomic E-state index is 11.4. The number of thiazole rings is 1. The quantitative estimate of drug-likeness (QED) is 0.904. The average molecular weight is 266 g/mol. The molecule has 0 aliphatic heterocycles. The van der Waals surface area contributed by atoms with E-state index in [1.54, 1.807) is 23.1 Å². The van der Waals surface area contributed by atoms with E-state index in [-0.39, 0.29) is 5.91 Å². The summed E-state index contributed by atoms with van der Waals surface area (Å²) >= 11 is 3.31. The van der Waals surface area contributed by atoms with Crippen molar-refractivity contribution in [3.63, 3.8) is 0 Å². The van der Waals surface area contributed by atoms with Gasteiger partial charge in [-0.05, 0) is 18.4 Å². The maximum atomic E-state index is 11.4. The summed E-state index contributed by atoms with van der Waals surface area (Å²) in [6.07, 6.45) is 2.58. The van der Waals surface area contributed by atoms with Gasteiger partial charge in [0.2, 0.25) is 5.91 Å². The van der Waals surface area contributed by atoms with Crippen LogP contribution in [0.5, 0.6) is 0 Å². The topological polar surface area (TPSA) is 42.0 Å². The number of thioether (sulfide) groups is 1. The molecule has 5 heteroatoms. The third-order valence-electron chi connectivity index (χ3n) is 2.31. The third-order valence-corrected chi connectivity index (χ3v) is 3.96. The van der Waals surface area contributed by atoms with Crippen molar-refractivity contribution in [1.29, 1.82) is 0 Å². The van der Waals surface area contributed by atoms with E-state index < -0.39 is 0 Å². The number of nitrogens with zero attached hydrogens (tertiary/aromatic N) is 1. The molecule has 0 aliphatic carbocycles. The maximum Gasteiger partial charge on any atom is 0.221 e. The number of hydrogen-bond acceptors (Lipinski definition) is 4. The van der Waals surface area contributed by atoms with E-state index in [2.05, 4.69) is 10.3 Å². The molecule has 0 unspecified atom stereocenters. The number of amides is 1. The second-order valence-electron chi connectivity index (χ2n) is 3.59. The van der Waals surface area contributed by atoms with Gasteiger partial charge in [-0.15, -0.1) is 11.3 Å². The van der Waals surface area contributed by atoms with Gasteiger partial charge in [0.15, 0.2) is 0 Å². The molecule has 0 fully saturated rings. The van der Waals surface area contributed by atoms with Crippen molar-refractivity contribution in [2.45, 2.75) is 13.0 Å². The first-order valence-corrected chi connectivity index (χ1v) is 7.60. The summed E-state index contributed by atoms with van der Waals surface area (Å²) in [4.78, 5) is 15.9. The highest BCUT2D eigenvalue weighted by Crippen LogP contribution is 2.21. The van der Waals surface area contributed by atoms with Crippen LogP contribution < -0.4 is 5.32 Å². The number of nitrogens with one attached hydrogen (secondary N) is 1. The molecule has 0 saturated carbocycles. The standard InChI is InChI=1S/C12H14N2OS2/c1-16-7-6-11(15)13-8-12-14-9-4-2-3-5-10(9)17-12/h2-5H,6-8H2,1H3,(H,13,15). The first kappa shape index (κ1) is 12.4. The molecule has 2 rings (SSSR count). The molecule has 1 amide bonds. The number of para-hydroxylation sites is 1. The van der Waals surface area contributed by atoms with E-state index in [0.717, 1.165) is 16.3 Å². The first-order valence-electron chi connectivity index (χ1n) is 5.39. The minimum absolute atomic E-state index is 0.0959. The van der Waals surface area contributed by atoms with E-state index in [9.17, 15) is 4.79 Å². The molecule has 0 spiro atoms. The van der Waals surface area contributed by atoms with Gasteiger partial charge >= 0.3 is 0 Å². The highest BCUT2D eigenvalue weighted by Gasteiger charge is 2.05. The van der Waals surface area contributed by atoms with Crippen LogP contribution in [0.2, 0.25) is 0 Å². The summed E-state index contributed by atoms with van der Waals surface area (Å²) in [5, 5.41) is 3.85. The predicted molar refractivity (Wildman–Crippen MR) is 74.5 cm³/mol. The van der Waals surface area contributed by atoms with Crippen molar-refractivity contribution in [3.05, 3.63) is 29.3 Å². The fourth-order valence-corrected chi connectivity index (χ4v) is 2.75. The lowest BCUT2D eigenvalue weighted by molar-refractivity contribution is -0.120. The van der Waals surface area contributed by atoms with Gasteiger partial charge in [0, 0.05) is 12.2 Å². The Kier molecular flexibility index (Phi) is 4.39. The van der Waals surface area contributed by atoms with Crippen LogP contribution >= 0.6 is 23.1 Å². The van der Waals surface area contributed by atoms with Gasteiger partial charge in [0.1, 0.15) is 5.01 Å². The first-order chi connectivity index (χ1) is 8.29. The molecular weight excluding hydrogens is 252 g/mol. The van der Waals surface area contributed by atoms with Crippen LogP contribution in [0.15, 0.2) is 24.3 Å². The van der Waals surface area contributed by atoms with Crippen LogP contribution in [0.4, 0.5) is 0 Å². The average Bonchev–Trinajstić information content (AvgIpc) is 2.76. The van der Waals surface area contributed by atoms with Crippen LogP contribution in [0.3, 0.4) is 0 Å². The Hall–Kier alpha value is -1.07. The van der Waals surface area contributed by atoms with E-state index in [1.807, 2.05) is 30.5 Å². The zero-order valence-corrected chi connectivity index (χ0v) is 11.2. The molecule has 0 bridgehead atoms. The molecule has 1 aromatic heterocycles. The molecule has 3 nitrogen and oxygen atoms in total. The minimum atomic E-state index is 0.0959. The van der Waals surface area contributed by atoms with E-state index >= 15 is 0 Å². The molecule has 0 radical (unpaired) electrons. The second kappa shape index (κ2) is 6.02. The number of hydrogen-bond donors (Lipinski definition) is 1. The van der Waals surface area contributed by atoms with Crippen molar-refractivity contribution in [1.82, 2.24) is 10.3 Å². The van der Waals surface area contributed by atoms with Crippen molar-refractivity contribution < 1.29 is 4.79 Å². The number of carbonyl (C=O) groups is 1. The van der Waals surface area contributed by atoms with E-state index in [0.29, 0.717) is 13.0 Å². The molecular formula is C12H14N2OS2. The molecule has 1 heterocycles. The van der Waals surface area contributed by atoms with Crippen molar-refractivity contribution in [2.24, 2.45) is 0 Å². The Morgan fingerprint density at radius 1 is 1.47 bits per heavy atom. The van der Waals surface area contributed by atoms with Gasteiger partial charge < -0.3 is 5.32 Å². The molecule has 1 aromatic carbocycles. The summed E-state index contributed by atoms with van der Waals surface area (Å²) < 4.78 is 1.17. The Morgan fingerprint density at radius 3 is 3.06 bits per heavy atom. The van der Waals surface area contributed by atoms with Gasteiger partial charge in [-0.2, -0.15) is 11.8 Å². The zero-order chi connectivity index (χ0) is 12.1. The van der Waals surface area contributed by atoms with E-state index in [1.165, 1.54) is 4.70 Å². The van der Waals surface area contributed by atoms with Gasteiger partial charge in [-0.1, -0.05) is 12.1 Å². The lowest BCUT2D eigenvalue weighted by Gasteiger charge is -2.01. The third kappa shape index (κ3) is 3.44. The van der Waals surface area contributed by atoms with Crippen LogP contribution in [0.1, 0.15) is 11.4 Å². The van der Waals surface area contributed by atoms with Gasteiger partial charge in [0.25, 0.3) is 0 Å². The number of fused-ring (bicyclic) bond motifs is 1. The molecule has 17 heavy (non-hydrogen) atoms. The Balaban J connectivity index is 1.92. The highest BCUT2D eigenvalue weighted by molar-refractivity contribution is 7.98. The smallest absolute Gasteiger partial charge is 0.221 e. The molecule has 90 valence electrons. The Labute approximate surface area is 109 Å². The zero-order valence-electron chi connectivity index (χ0n) is 9.60. The Bertz CT molecular complexity index is 477. The summed E-state index contributed by atoms with van der Waals surface area (Å²) in [7, 11) is 0. The highest BCUT2D eigenvalue weighted by atomic mass is 32.2. The number of rotatable bonds is 5. The number of carbonyl (C=O) groups excluding carboxylic acids is 1. The fourth-order valence-electron chi connectivity index (χ4n) is 1.45. The van der Waals surface area contributed by atoms with E-state index in [4.69, 9.17) is 0 Å². The van der Waals surface area contributed by atoms with Crippen LogP contribution in [-0.4, -0.2) is 22.9 Å². The summed E-state index contributed by atoms with van der Waals surface area (Å²) in [5.41, 5.74) is 1.01. The minimum Gasteiger partial charge on any atom is -0.350 e. The van der Waals surface area contributed by atoms with Crippen molar-refractivity contribution in [3.8, 4) is 0 Å². The second-order valence-corrected chi connectivity index (χ2v) is 5.70. The fraction of sp³-hybridized carbons (Fsp3) is 0.333. The molecule has 2 aromatic rings. The normalized spacial score (nSPS) is 10.6. The van der Waals surface area contributed by atoms with Crippen LogP contribution in [-0.2, 0) is 11.3 Å². The van der Waals surface area contributed by atoms with Gasteiger partial charge in [0.05, 0.1) is 16.8 Å². The predicted octanol–water partition coefficient (Wildman–Crippen LogP) is 2.67. The summed E-state index contributed by atoms with van der Waals surface area (Å²) in [6, 6.07) is 8.02. The number of benzene rings is 1. The van der Waals surface area contributed by atoms with Gasteiger partial charge in [-0.3, -0.25) is 4.79 Å². The largest absolute Gasteiger partial charge is 0.350 e. The molecule has 0 atom stereocenters. The molecule has 1 N–H and O–H groups in total. The van der Waals surface area contributed by atoms with Crippen LogP contribution in [0.25, 0.3) is 10.2 Å². The molecule has 0 saturated heterocycles. The molecule has 0 aliphatic rings. The summed E-state index contributed by atoms with van der Waals surface area (Å²) in [5.74, 6) is 0.963. The Morgan fingerprint density at radius 2 is 2.29 bits per heavy atom. The van der Waals surface area contributed by atoms with Crippen molar-refractivity contribution in [2.75, 3.05) is 12.0 Å². The van der Waals surface area contributed by atoms with Gasteiger partial charge in [-0.25, -0.2) is 4.98 Å². The van der Waals surface area contributed by atoms with Crippen LogP contribution in [0, 0.1) is 0 Å². The van der Waals surface area contributed by atoms with Crippen molar-refractivity contribution >= 4 is 39.2 Å². The lowest BCUT2D eigenvalue weighted by atomic mass is 10.3. The summed E-state index contributed by atoms with van der Waals surface area (Å²) in [6.45, 7) is 0.534. The lowest BCUT2D eigenvalue weighted by Crippen LogP contribution is -2.22.